The Labute approximate surface area is 174 Å². The number of phenols is 1. The minimum atomic E-state index is -3.57. The molecule has 2 aliphatic rings. The molecule has 8 nitrogen and oxygen atoms in total. The number of para-hydroxylation sites is 2. The number of hydrogen-bond donors (Lipinski definition) is 2. The van der Waals surface area contributed by atoms with E-state index in [9.17, 15) is 18.3 Å². The van der Waals surface area contributed by atoms with Crippen LogP contribution in [0.1, 0.15) is 10.5 Å². The number of H-pyrrole nitrogens is 1. The third-order valence-electron chi connectivity index (χ3n) is 5.28. The summed E-state index contributed by atoms with van der Waals surface area (Å²) in [6.45, 7) is 3.18. The minimum absolute atomic E-state index is 0.139. The highest BCUT2D eigenvalue weighted by molar-refractivity contribution is 7.99. The van der Waals surface area contributed by atoms with Crippen molar-refractivity contribution in [3.63, 3.8) is 0 Å². The molecule has 2 fully saturated rings. The molecule has 4 rings (SSSR count). The van der Waals surface area contributed by atoms with Gasteiger partial charge in [0.25, 0.3) is 5.91 Å². The van der Waals surface area contributed by atoms with Crippen LogP contribution in [0.15, 0.2) is 41.4 Å². The van der Waals surface area contributed by atoms with Crippen molar-refractivity contribution >= 4 is 33.4 Å². The monoisotopic (exact) mass is 436 g/mol. The highest BCUT2D eigenvalue weighted by Crippen LogP contribution is 2.27. The van der Waals surface area contributed by atoms with Crippen LogP contribution in [0.25, 0.3) is 0 Å². The van der Waals surface area contributed by atoms with Gasteiger partial charge in [0, 0.05) is 57.0 Å². The number of piperazine rings is 1. The molecule has 1 amide bonds. The number of aromatic hydroxyl groups is 1. The highest BCUT2D eigenvalue weighted by atomic mass is 32.2. The molecule has 2 aliphatic heterocycles. The third kappa shape index (κ3) is 4.10. The summed E-state index contributed by atoms with van der Waals surface area (Å²) in [6, 6.07) is 8.59. The van der Waals surface area contributed by atoms with Crippen molar-refractivity contribution in [2.45, 2.75) is 4.90 Å². The molecule has 0 spiro atoms. The van der Waals surface area contributed by atoms with Gasteiger partial charge in [0.05, 0.1) is 5.69 Å². The fourth-order valence-electron chi connectivity index (χ4n) is 3.64. The van der Waals surface area contributed by atoms with Gasteiger partial charge >= 0.3 is 0 Å². The normalized spacial score (nSPS) is 18.8. The summed E-state index contributed by atoms with van der Waals surface area (Å²) >= 11 is 1.74. The van der Waals surface area contributed by atoms with Crippen molar-refractivity contribution in [1.29, 1.82) is 0 Å². The van der Waals surface area contributed by atoms with Crippen LogP contribution in [0.4, 0.5) is 5.69 Å². The van der Waals surface area contributed by atoms with Crippen LogP contribution in [0.3, 0.4) is 0 Å². The smallest absolute Gasteiger partial charge is 0.270 e. The Morgan fingerprint density at radius 1 is 1.03 bits per heavy atom. The van der Waals surface area contributed by atoms with Gasteiger partial charge in [-0.3, -0.25) is 4.79 Å². The molecule has 1 aromatic carbocycles. The van der Waals surface area contributed by atoms with Crippen LogP contribution in [0.2, 0.25) is 0 Å². The summed E-state index contributed by atoms with van der Waals surface area (Å²) in [5, 5.41) is 10.0. The largest absolute Gasteiger partial charge is 0.506 e. The average Bonchev–Trinajstić information content (AvgIpc) is 3.26. The number of benzene rings is 1. The molecule has 0 saturated carbocycles. The third-order valence-corrected chi connectivity index (χ3v) is 8.10. The molecule has 2 N–H and O–H groups in total. The SMILES string of the molecule is O=C(c1cc(S(=O)(=O)N2CCSCC2)c[nH]1)N1CCN(c2ccccc2O)CC1. The summed E-state index contributed by atoms with van der Waals surface area (Å²) in [7, 11) is -3.57. The van der Waals surface area contributed by atoms with Gasteiger partial charge in [-0.05, 0) is 18.2 Å². The number of thioether (sulfide) groups is 1. The zero-order valence-electron chi connectivity index (χ0n) is 16.0. The molecule has 3 heterocycles. The molecule has 0 atom stereocenters. The van der Waals surface area contributed by atoms with E-state index in [0.29, 0.717) is 39.3 Å². The fraction of sp³-hybridized carbons (Fsp3) is 0.421. The van der Waals surface area contributed by atoms with Crippen LogP contribution < -0.4 is 4.90 Å². The van der Waals surface area contributed by atoms with Gasteiger partial charge < -0.3 is 19.9 Å². The number of carbonyl (C=O) groups is 1. The van der Waals surface area contributed by atoms with E-state index < -0.39 is 10.0 Å². The van der Waals surface area contributed by atoms with Crippen molar-refractivity contribution < 1.29 is 18.3 Å². The molecule has 0 bridgehead atoms. The quantitative estimate of drug-likeness (QED) is 0.753. The molecule has 0 aliphatic carbocycles. The van der Waals surface area contributed by atoms with Gasteiger partial charge in [-0.25, -0.2) is 8.42 Å². The summed E-state index contributed by atoms with van der Waals surface area (Å²) in [5.41, 5.74) is 1.04. The van der Waals surface area contributed by atoms with Crippen molar-refractivity contribution in [2.75, 3.05) is 55.7 Å². The van der Waals surface area contributed by atoms with Crippen LogP contribution in [-0.2, 0) is 10.0 Å². The lowest BCUT2D eigenvalue weighted by molar-refractivity contribution is 0.0741. The van der Waals surface area contributed by atoms with E-state index in [1.54, 1.807) is 28.8 Å². The predicted octanol–water partition coefficient (Wildman–Crippen LogP) is 1.42. The van der Waals surface area contributed by atoms with Crippen LogP contribution >= 0.6 is 11.8 Å². The first-order chi connectivity index (χ1) is 14.0. The van der Waals surface area contributed by atoms with E-state index in [1.807, 2.05) is 17.0 Å². The van der Waals surface area contributed by atoms with Gasteiger partial charge in [0.1, 0.15) is 16.3 Å². The standard InChI is InChI=1S/C19H24N4O4S2/c24-18-4-2-1-3-17(18)21-5-7-22(8-6-21)19(25)16-13-15(14-20-16)29(26,27)23-9-11-28-12-10-23/h1-4,13-14,20,24H,5-12H2. The Morgan fingerprint density at radius 2 is 1.72 bits per heavy atom. The lowest BCUT2D eigenvalue weighted by atomic mass is 10.2. The lowest BCUT2D eigenvalue weighted by Gasteiger charge is -2.36. The molecule has 1 aromatic heterocycles. The number of carbonyl (C=O) groups excluding carboxylic acids is 1. The number of phenolic OH excluding ortho intramolecular Hbond substituents is 1. The fourth-order valence-corrected chi connectivity index (χ4v) is 6.21. The summed E-state index contributed by atoms with van der Waals surface area (Å²) < 4.78 is 27.0. The maximum Gasteiger partial charge on any atom is 0.270 e. The molecule has 0 radical (unpaired) electrons. The van der Waals surface area contributed by atoms with Gasteiger partial charge in [-0.1, -0.05) is 12.1 Å². The molecule has 2 aromatic rings. The second kappa shape index (κ2) is 8.29. The van der Waals surface area contributed by atoms with E-state index >= 15 is 0 Å². The van der Waals surface area contributed by atoms with Gasteiger partial charge in [-0.15, -0.1) is 0 Å². The maximum atomic E-state index is 12.8. The van der Waals surface area contributed by atoms with E-state index in [-0.39, 0.29) is 22.2 Å². The predicted molar refractivity (Wildman–Crippen MR) is 113 cm³/mol. The zero-order valence-corrected chi connectivity index (χ0v) is 17.6. The Bertz CT molecular complexity index is 978. The Balaban J connectivity index is 1.42. The van der Waals surface area contributed by atoms with Crippen molar-refractivity contribution in [3.05, 3.63) is 42.2 Å². The number of rotatable bonds is 4. The number of aromatic nitrogens is 1. The molecular formula is C19H24N4O4S2. The van der Waals surface area contributed by atoms with Gasteiger partial charge in [0.2, 0.25) is 10.0 Å². The molecule has 29 heavy (non-hydrogen) atoms. The van der Waals surface area contributed by atoms with E-state index in [1.165, 1.54) is 16.6 Å². The maximum absolute atomic E-state index is 12.8. The molecule has 0 unspecified atom stereocenters. The topological polar surface area (TPSA) is 97.0 Å². The van der Waals surface area contributed by atoms with Crippen LogP contribution in [0.5, 0.6) is 5.75 Å². The average molecular weight is 437 g/mol. The first-order valence-electron chi connectivity index (χ1n) is 9.55. The highest BCUT2D eigenvalue weighted by Gasteiger charge is 2.29. The molecule has 156 valence electrons. The molecule has 2 saturated heterocycles. The number of nitrogens with one attached hydrogen (secondary N) is 1. The Morgan fingerprint density at radius 3 is 2.41 bits per heavy atom. The van der Waals surface area contributed by atoms with E-state index in [0.717, 1.165) is 17.2 Å². The Kier molecular flexibility index (Phi) is 5.75. The molecule has 10 heteroatoms. The minimum Gasteiger partial charge on any atom is -0.506 e. The van der Waals surface area contributed by atoms with Gasteiger partial charge in [0.15, 0.2) is 0 Å². The summed E-state index contributed by atoms with van der Waals surface area (Å²) in [4.78, 5) is 19.6. The van der Waals surface area contributed by atoms with E-state index in [2.05, 4.69) is 4.98 Å². The number of hydrogen-bond acceptors (Lipinski definition) is 6. The second-order valence-corrected chi connectivity index (χ2v) is 10.2. The van der Waals surface area contributed by atoms with Gasteiger partial charge in [-0.2, -0.15) is 16.1 Å². The number of nitrogens with zero attached hydrogens (tertiary/aromatic N) is 3. The van der Waals surface area contributed by atoms with Crippen molar-refractivity contribution in [2.24, 2.45) is 0 Å². The van der Waals surface area contributed by atoms with Crippen LogP contribution in [-0.4, -0.2) is 84.4 Å². The first kappa shape index (κ1) is 20.1. The van der Waals surface area contributed by atoms with E-state index in [4.69, 9.17) is 0 Å². The summed E-state index contributed by atoms with van der Waals surface area (Å²) in [5.74, 6) is 1.59. The molecular weight excluding hydrogens is 412 g/mol. The lowest BCUT2D eigenvalue weighted by Crippen LogP contribution is -2.48. The Hall–Kier alpha value is -2.17. The second-order valence-electron chi connectivity index (χ2n) is 7.03. The number of anilines is 1. The first-order valence-corrected chi connectivity index (χ1v) is 12.1. The number of aromatic amines is 1. The van der Waals surface area contributed by atoms with Crippen LogP contribution in [0, 0.1) is 0 Å². The van der Waals surface area contributed by atoms with Crippen molar-refractivity contribution in [1.82, 2.24) is 14.2 Å². The zero-order chi connectivity index (χ0) is 20.4. The number of sulfonamides is 1. The van der Waals surface area contributed by atoms with Crippen molar-refractivity contribution in [3.8, 4) is 5.75 Å². The number of amides is 1. The summed E-state index contributed by atoms with van der Waals surface area (Å²) in [6.07, 6.45) is 1.41.